The molecule has 2 saturated heterocycles. The Morgan fingerprint density at radius 3 is 2.67 bits per heavy atom. The van der Waals surface area contributed by atoms with Crippen molar-refractivity contribution in [3.05, 3.63) is 0 Å². The zero-order chi connectivity index (χ0) is 13.0. The van der Waals surface area contributed by atoms with Gasteiger partial charge in [-0.25, -0.2) is 0 Å². The van der Waals surface area contributed by atoms with Crippen LogP contribution in [0.4, 0.5) is 0 Å². The van der Waals surface area contributed by atoms with Gasteiger partial charge in [-0.05, 0) is 45.8 Å². The number of likely N-dealkylation sites (tertiary alicyclic amines) is 1. The molecule has 0 saturated carbocycles. The number of nitrogens with one attached hydrogen (secondary N) is 2. The highest BCUT2D eigenvalue weighted by Gasteiger charge is 2.33. The number of rotatable bonds is 5. The van der Waals surface area contributed by atoms with Crippen LogP contribution in [0.5, 0.6) is 0 Å². The Bertz CT molecular complexity index is 284. The molecular formula is C13H25N3O2. The van der Waals surface area contributed by atoms with E-state index in [4.69, 9.17) is 4.74 Å². The molecule has 2 rings (SSSR count). The second-order valence-corrected chi connectivity index (χ2v) is 5.89. The molecule has 104 valence electrons. The monoisotopic (exact) mass is 255 g/mol. The van der Waals surface area contributed by atoms with Crippen LogP contribution in [0, 0.1) is 5.92 Å². The van der Waals surface area contributed by atoms with E-state index in [1.54, 1.807) is 0 Å². The van der Waals surface area contributed by atoms with Gasteiger partial charge in [0.15, 0.2) is 0 Å². The Labute approximate surface area is 109 Å². The zero-order valence-electron chi connectivity index (χ0n) is 11.5. The van der Waals surface area contributed by atoms with Gasteiger partial charge < -0.3 is 20.3 Å². The average molecular weight is 255 g/mol. The van der Waals surface area contributed by atoms with Crippen LogP contribution in [0.1, 0.15) is 19.8 Å². The molecule has 2 fully saturated rings. The molecule has 0 bridgehead atoms. The topological polar surface area (TPSA) is 53.6 Å². The van der Waals surface area contributed by atoms with Crippen LogP contribution in [0.15, 0.2) is 0 Å². The van der Waals surface area contributed by atoms with E-state index in [2.05, 4.69) is 22.6 Å². The van der Waals surface area contributed by atoms with Crippen LogP contribution in [0.3, 0.4) is 0 Å². The van der Waals surface area contributed by atoms with Crippen LogP contribution < -0.4 is 10.6 Å². The van der Waals surface area contributed by atoms with Gasteiger partial charge in [-0.3, -0.25) is 4.79 Å². The Hall–Kier alpha value is -0.650. The molecule has 0 atom stereocenters. The molecule has 2 aliphatic rings. The lowest BCUT2D eigenvalue weighted by Gasteiger charge is -2.38. The summed E-state index contributed by atoms with van der Waals surface area (Å²) in [4.78, 5) is 14.0. The molecule has 5 nitrogen and oxygen atoms in total. The van der Waals surface area contributed by atoms with Gasteiger partial charge >= 0.3 is 0 Å². The molecule has 5 heteroatoms. The molecule has 0 radical (unpaired) electrons. The van der Waals surface area contributed by atoms with Gasteiger partial charge in [-0.2, -0.15) is 0 Å². The van der Waals surface area contributed by atoms with E-state index in [-0.39, 0.29) is 18.1 Å². The Balaban J connectivity index is 1.57. The van der Waals surface area contributed by atoms with Gasteiger partial charge in [-0.1, -0.05) is 0 Å². The predicted molar refractivity (Wildman–Crippen MR) is 70.5 cm³/mol. The maximum Gasteiger partial charge on any atom is 0.246 e. The van der Waals surface area contributed by atoms with Gasteiger partial charge in [0.25, 0.3) is 0 Å². The number of nitrogens with zero attached hydrogens (tertiary/aromatic N) is 1. The van der Waals surface area contributed by atoms with Crippen LogP contribution in [-0.2, 0) is 9.53 Å². The van der Waals surface area contributed by atoms with E-state index in [9.17, 15) is 4.79 Å². The maximum absolute atomic E-state index is 11.7. The first-order valence-corrected chi connectivity index (χ1v) is 6.87. The largest absolute Gasteiger partial charge is 0.363 e. The minimum absolute atomic E-state index is 0.0158. The third-order valence-electron chi connectivity index (χ3n) is 3.98. The van der Waals surface area contributed by atoms with E-state index in [1.807, 2.05) is 6.92 Å². The smallest absolute Gasteiger partial charge is 0.246 e. The van der Waals surface area contributed by atoms with Crippen molar-refractivity contribution in [3.63, 3.8) is 0 Å². The Morgan fingerprint density at radius 2 is 2.11 bits per heavy atom. The molecule has 2 heterocycles. The van der Waals surface area contributed by atoms with Crippen molar-refractivity contribution in [2.45, 2.75) is 25.4 Å². The van der Waals surface area contributed by atoms with Gasteiger partial charge in [-0.15, -0.1) is 0 Å². The normalized spacial score (nSPS) is 24.6. The summed E-state index contributed by atoms with van der Waals surface area (Å²) in [5.74, 6) is 0.646. The van der Waals surface area contributed by atoms with Crippen LogP contribution in [0.2, 0.25) is 0 Å². The summed E-state index contributed by atoms with van der Waals surface area (Å²) in [5.41, 5.74) is -0.134. The molecule has 0 unspecified atom stereocenters. The molecule has 1 amide bonds. The minimum Gasteiger partial charge on any atom is -0.363 e. The molecule has 0 aromatic heterocycles. The minimum atomic E-state index is -0.134. The second kappa shape index (κ2) is 5.99. The predicted octanol–water partition coefficient (Wildman–Crippen LogP) is -0.177. The van der Waals surface area contributed by atoms with Crippen molar-refractivity contribution < 1.29 is 9.53 Å². The Kier molecular flexibility index (Phi) is 4.59. The number of carbonyl (C=O) groups excluding carboxylic acids is 1. The van der Waals surface area contributed by atoms with Gasteiger partial charge in [0.2, 0.25) is 5.91 Å². The fourth-order valence-electron chi connectivity index (χ4n) is 2.39. The van der Waals surface area contributed by atoms with Gasteiger partial charge in [0, 0.05) is 19.6 Å². The molecule has 0 spiro atoms. The molecule has 18 heavy (non-hydrogen) atoms. The molecule has 0 aliphatic carbocycles. The number of carbonyl (C=O) groups is 1. The van der Waals surface area contributed by atoms with Crippen molar-refractivity contribution in [1.29, 1.82) is 0 Å². The summed E-state index contributed by atoms with van der Waals surface area (Å²) in [6.07, 6.45) is 2.36. The number of hydrogen-bond acceptors (Lipinski definition) is 4. The highest BCUT2D eigenvalue weighted by Crippen LogP contribution is 2.16. The van der Waals surface area contributed by atoms with Crippen LogP contribution in [0.25, 0.3) is 0 Å². The highest BCUT2D eigenvalue weighted by atomic mass is 16.5. The van der Waals surface area contributed by atoms with Crippen molar-refractivity contribution in [2.24, 2.45) is 5.92 Å². The third kappa shape index (κ3) is 3.93. The first kappa shape index (κ1) is 13.8. The standard InChI is InChI=1S/C13H25N3O2/c1-13(9-14-10-13)18-8-12(17)15-7-11-3-5-16(2)6-4-11/h11,14H,3-10H2,1-2H3,(H,15,17). The lowest BCUT2D eigenvalue weighted by molar-refractivity contribution is -0.136. The maximum atomic E-state index is 11.7. The summed E-state index contributed by atoms with van der Waals surface area (Å²) >= 11 is 0. The van der Waals surface area contributed by atoms with Crippen LogP contribution >= 0.6 is 0 Å². The number of amides is 1. The molecular weight excluding hydrogens is 230 g/mol. The summed E-state index contributed by atoms with van der Waals surface area (Å²) in [6.45, 7) is 6.98. The lowest BCUT2D eigenvalue weighted by Crippen LogP contribution is -2.59. The van der Waals surface area contributed by atoms with Crippen molar-refractivity contribution in [3.8, 4) is 0 Å². The fourth-order valence-corrected chi connectivity index (χ4v) is 2.39. The quantitative estimate of drug-likeness (QED) is 0.716. The van der Waals surface area contributed by atoms with Crippen molar-refractivity contribution in [1.82, 2.24) is 15.5 Å². The van der Waals surface area contributed by atoms with Crippen molar-refractivity contribution >= 4 is 5.91 Å². The first-order chi connectivity index (χ1) is 8.57. The number of piperidine rings is 1. The fraction of sp³-hybridized carbons (Fsp3) is 0.923. The number of ether oxygens (including phenoxy) is 1. The molecule has 0 aromatic carbocycles. The van der Waals surface area contributed by atoms with Gasteiger partial charge in [0.1, 0.15) is 6.61 Å². The van der Waals surface area contributed by atoms with E-state index >= 15 is 0 Å². The van der Waals surface area contributed by atoms with E-state index < -0.39 is 0 Å². The van der Waals surface area contributed by atoms with Gasteiger partial charge in [0.05, 0.1) is 5.60 Å². The zero-order valence-corrected chi connectivity index (χ0v) is 11.5. The molecule has 2 aliphatic heterocycles. The molecule has 0 aromatic rings. The summed E-state index contributed by atoms with van der Waals surface area (Å²) in [5, 5.41) is 6.14. The van der Waals surface area contributed by atoms with Crippen LogP contribution in [-0.4, -0.2) is 62.8 Å². The second-order valence-electron chi connectivity index (χ2n) is 5.89. The summed E-state index contributed by atoms with van der Waals surface area (Å²) in [7, 11) is 2.15. The van der Waals surface area contributed by atoms with E-state index in [0.717, 1.165) is 32.7 Å². The average Bonchev–Trinajstić information content (AvgIpc) is 2.33. The van der Waals surface area contributed by atoms with E-state index in [1.165, 1.54) is 12.8 Å². The number of hydrogen-bond donors (Lipinski definition) is 2. The first-order valence-electron chi connectivity index (χ1n) is 6.87. The van der Waals surface area contributed by atoms with E-state index in [0.29, 0.717) is 5.92 Å². The van der Waals surface area contributed by atoms with Crippen molar-refractivity contribution in [2.75, 3.05) is 46.4 Å². The Morgan fingerprint density at radius 1 is 1.44 bits per heavy atom. The third-order valence-corrected chi connectivity index (χ3v) is 3.98. The summed E-state index contributed by atoms with van der Waals surface area (Å²) < 4.78 is 5.60. The molecule has 2 N–H and O–H groups in total. The summed E-state index contributed by atoms with van der Waals surface area (Å²) in [6, 6.07) is 0. The highest BCUT2D eigenvalue weighted by molar-refractivity contribution is 5.77. The lowest BCUT2D eigenvalue weighted by atomic mass is 9.97. The SMILES string of the molecule is CN1CCC(CNC(=O)COC2(C)CNC2)CC1.